The molecule has 3 N–H and O–H groups in total. The number of nitrogens with one attached hydrogen (secondary N) is 1. The van der Waals surface area contributed by atoms with Gasteiger partial charge < -0.3 is 20.0 Å². The number of ether oxygens (including phenoxy) is 1. The van der Waals surface area contributed by atoms with Crippen LogP contribution in [0.2, 0.25) is 0 Å². The second-order valence-electron chi connectivity index (χ2n) is 7.55. The summed E-state index contributed by atoms with van der Waals surface area (Å²) in [5, 5.41) is 0. The van der Waals surface area contributed by atoms with Gasteiger partial charge in [0.1, 0.15) is 11.3 Å². The first-order valence-corrected chi connectivity index (χ1v) is 11.7. The third-order valence-corrected chi connectivity index (χ3v) is 7.23. The van der Waals surface area contributed by atoms with Crippen LogP contribution in [0.25, 0.3) is 28.2 Å². The number of nitrogens with zero attached hydrogens (tertiary/aromatic N) is 4. The molecule has 1 aromatic carbocycles. The monoisotopic (exact) mass is 498 g/mol. The van der Waals surface area contributed by atoms with E-state index >= 15 is 0 Å². The van der Waals surface area contributed by atoms with Crippen LogP contribution in [0.15, 0.2) is 45.9 Å². The summed E-state index contributed by atoms with van der Waals surface area (Å²) in [6, 6.07) is 10.8. The number of aryl methyl sites for hydroxylation is 1. The lowest BCUT2D eigenvalue weighted by atomic mass is 10.2. The zero-order chi connectivity index (χ0) is 21.5. The van der Waals surface area contributed by atoms with Gasteiger partial charge in [0.15, 0.2) is 5.65 Å². The van der Waals surface area contributed by atoms with E-state index < -0.39 is 0 Å². The Labute approximate surface area is 193 Å². The zero-order valence-corrected chi connectivity index (χ0v) is 19.8. The summed E-state index contributed by atoms with van der Waals surface area (Å²) in [4.78, 5) is 13.7. The first-order chi connectivity index (χ1) is 15.0. The maximum absolute atomic E-state index is 6.17. The maximum atomic E-state index is 6.17. The molecule has 0 spiro atoms. The minimum Gasteiger partial charge on any atom is -0.396 e. The lowest BCUT2D eigenvalue weighted by Gasteiger charge is -2.25. The number of hydrogen-bond donors (Lipinski definition) is 2. The fourth-order valence-electron chi connectivity index (χ4n) is 3.92. The van der Waals surface area contributed by atoms with Crippen LogP contribution in [0.4, 0.5) is 5.69 Å². The highest BCUT2D eigenvalue weighted by Crippen LogP contribution is 2.32. The number of halogens is 1. The molecule has 4 aromatic rings. The molecule has 7 nitrogen and oxygen atoms in total. The van der Waals surface area contributed by atoms with Crippen LogP contribution >= 0.6 is 27.9 Å². The number of nitrogens with two attached hydrogens (primary N) is 1. The number of pyridine rings is 1. The van der Waals surface area contributed by atoms with Gasteiger partial charge in [0.25, 0.3) is 0 Å². The number of morpholine rings is 1. The average Bonchev–Trinajstić information content (AvgIpc) is 3.33. The van der Waals surface area contributed by atoms with Gasteiger partial charge >= 0.3 is 0 Å². The second-order valence-corrected chi connectivity index (χ2v) is 9.57. The fourth-order valence-corrected chi connectivity index (χ4v) is 5.10. The number of aromatic nitrogens is 4. The fraction of sp³-hybridized carbons (Fsp3) is 0.273. The van der Waals surface area contributed by atoms with Crippen LogP contribution in [0.1, 0.15) is 11.4 Å². The summed E-state index contributed by atoms with van der Waals surface area (Å²) in [5.41, 5.74) is 12.5. The van der Waals surface area contributed by atoms with Gasteiger partial charge in [0.2, 0.25) is 0 Å². The summed E-state index contributed by atoms with van der Waals surface area (Å²) in [6.07, 6.45) is 1.69. The van der Waals surface area contributed by atoms with E-state index in [0.717, 1.165) is 59.2 Å². The Bertz CT molecular complexity index is 1240. The average molecular weight is 499 g/mol. The number of hydrogen-bond acceptors (Lipinski definition) is 6. The molecule has 0 aliphatic carbocycles. The van der Waals surface area contributed by atoms with E-state index in [1.54, 1.807) is 18.1 Å². The molecule has 3 aromatic heterocycles. The third kappa shape index (κ3) is 3.87. The Kier molecular flexibility index (Phi) is 5.51. The Morgan fingerprint density at radius 2 is 1.90 bits per heavy atom. The van der Waals surface area contributed by atoms with Crippen LogP contribution in [0.5, 0.6) is 0 Å². The van der Waals surface area contributed by atoms with E-state index in [4.69, 9.17) is 15.5 Å². The van der Waals surface area contributed by atoms with E-state index in [-0.39, 0.29) is 0 Å². The number of nitrogen functional groups attached to an aromatic ring is 1. The minimum atomic E-state index is 0.592. The number of imidazole rings is 1. The molecule has 0 bridgehead atoms. The highest BCUT2D eigenvalue weighted by Gasteiger charge is 2.18. The zero-order valence-electron chi connectivity index (χ0n) is 17.4. The molecule has 1 saturated heterocycles. The standard InChI is InChI=1S/C22H23BrN6OS/c1-13-11-17(21-26-20-19(24)18(23)12-25-22(20)27-21)14(2)29(13)15-3-5-16(6-4-15)31-28-7-9-30-10-8-28/h3-6,11-12H,7-10H2,1-2H3,(H3,24,25,26,27). The van der Waals surface area contributed by atoms with Crippen LogP contribution in [-0.2, 0) is 4.74 Å². The van der Waals surface area contributed by atoms with Crippen molar-refractivity contribution in [2.24, 2.45) is 0 Å². The highest BCUT2D eigenvalue weighted by atomic mass is 79.9. The minimum absolute atomic E-state index is 0.592. The molecule has 0 amide bonds. The summed E-state index contributed by atoms with van der Waals surface area (Å²) in [7, 11) is 0. The summed E-state index contributed by atoms with van der Waals surface area (Å²) in [6.45, 7) is 7.74. The number of H-pyrrole nitrogens is 1. The van der Waals surface area contributed by atoms with Gasteiger partial charge in [-0.2, -0.15) is 0 Å². The number of aromatic amines is 1. The van der Waals surface area contributed by atoms with E-state index in [1.165, 1.54) is 4.90 Å². The van der Waals surface area contributed by atoms with Crippen molar-refractivity contribution in [3.8, 4) is 17.1 Å². The van der Waals surface area contributed by atoms with Crippen LogP contribution < -0.4 is 5.73 Å². The lowest BCUT2D eigenvalue weighted by Crippen LogP contribution is -2.30. The molecule has 4 heterocycles. The highest BCUT2D eigenvalue weighted by molar-refractivity contribution is 9.10. The summed E-state index contributed by atoms with van der Waals surface area (Å²) >= 11 is 5.21. The second kappa shape index (κ2) is 8.31. The molecule has 160 valence electrons. The van der Waals surface area contributed by atoms with Crippen molar-refractivity contribution in [3.05, 3.63) is 52.4 Å². The van der Waals surface area contributed by atoms with Crippen LogP contribution in [-0.4, -0.2) is 50.1 Å². The van der Waals surface area contributed by atoms with Gasteiger partial charge in [-0.25, -0.2) is 14.3 Å². The predicted octanol–water partition coefficient (Wildman–Crippen LogP) is 4.72. The van der Waals surface area contributed by atoms with Crippen LogP contribution in [0, 0.1) is 13.8 Å². The Hall–Kier alpha value is -2.33. The Morgan fingerprint density at radius 1 is 1.16 bits per heavy atom. The van der Waals surface area contributed by atoms with E-state index in [9.17, 15) is 0 Å². The molecule has 1 aliphatic heterocycles. The van der Waals surface area contributed by atoms with Gasteiger partial charge in [-0.05, 0) is 72.1 Å². The first kappa shape index (κ1) is 20.6. The SMILES string of the molecule is Cc1cc(-c2nc3c(N)c(Br)cnc3[nH]2)c(C)n1-c1ccc(SN2CCOCC2)cc1. The van der Waals surface area contributed by atoms with Crippen molar-refractivity contribution in [1.29, 1.82) is 0 Å². The molecule has 5 rings (SSSR count). The van der Waals surface area contributed by atoms with Crippen molar-refractivity contribution in [1.82, 2.24) is 23.8 Å². The van der Waals surface area contributed by atoms with Crippen molar-refractivity contribution in [2.75, 3.05) is 32.0 Å². The molecule has 1 fully saturated rings. The van der Waals surface area contributed by atoms with Gasteiger partial charge in [-0.1, -0.05) is 0 Å². The molecular weight excluding hydrogens is 476 g/mol. The summed E-state index contributed by atoms with van der Waals surface area (Å²) in [5.74, 6) is 0.770. The predicted molar refractivity (Wildman–Crippen MR) is 128 cm³/mol. The third-order valence-electron chi connectivity index (χ3n) is 5.49. The molecule has 1 aliphatic rings. The topological polar surface area (TPSA) is 85.0 Å². The van der Waals surface area contributed by atoms with Gasteiger partial charge in [0, 0.05) is 46.8 Å². The van der Waals surface area contributed by atoms with E-state index in [0.29, 0.717) is 16.9 Å². The van der Waals surface area contributed by atoms with Crippen molar-refractivity contribution < 1.29 is 4.74 Å². The normalized spacial score (nSPS) is 15.1. The Morgan fingerprint density at radius 3 is 2.65 bits per heavy atom. The smallest absolute Gasteiger partial charge is 0.159 e. The number of anilines is 1. The molecular formula is C22H23BrN6OS. The van der Waals surface area contributed by atoms with Crippen molar-refractivity contribution in [2.45, 2.75) is 18.7 Å². The van der Waals surface area contributed by atoms with Crippen molar-refractivity contribution >= 4 is 44.7 Å². The number of benzene rings is 1. The van der Waals surface area contributed by atoms with E-state index in [1.807, 2.05) is 0 Å². The van der Waals surface area contributed by atoms with Crippen molar-refractivity contribution in [3.63, 3.8) is 0 Å². The maximum Gasteiger partial charge on any atom is 0.159 e. The molecule has 0 saturated carbocycles. The van der Waals surface area contributed by atoms with Crippen LogP contribution in [0.3, 0.4) is 0 Å². The molecule has 9 heteroatoms. The number of fused-ring (bicyclic) bond motifs is 1. The van der Waals surface area contributed by atoms with E-state index in [2.05, 4.69) is 78.9 Å². The quantitative estimate of drug-likeness (QED) is 0.396. The van der Waals surface area contributed by atoms with Gasteiger partial charge in [-0.15, -0.1) is 0 Å². The number of rotatable bonds is 4. The lowest BCUT2D eigenvalue weighted by molar-refractivity contribution is 0.0773. The first-order valence-electron chi connectivity index (χ1n) is 10.1. The molecule has 0 atom stereocenters. The molecule has 0 unspecified atom stereocenters. The Balaban J connectivity index is 1.45. The molecule has 31 heavy (non-hydrogen) atoms. The van der Waals surface area contributed by atoms with Gasteiger partial charge in [0.05, 0.1) is 23.4 Å². The van der Waals surface area contributed by atoms with Gasteiger partial charge in [-0.3, -0.25) is 0 Å². The summed E-state index contributed by atoms with van der Waals surface area (Å²) < 4.78 is 10.8. The largest absolute Gasteiger partial charge is 0.396 e. The molecule has 0 radical (unpaired) electrons.